The quantitative estimate of drug-likeness (QED) is 0.613. The van der Waals surface area contributed by atoms with Crippen molar-refractivity contribution >= 4 is 17.5 Å². The van der Waals surface area contributed by atoms with Crippen molar-refractivity contribution in [2.45, 2.75) is 0 Å². The minimum atomic E-state index is -0.191. The van der Waals surface area contributed by atoms with Crippen LogP contribution in [0.5, 0.6) is 17.4 Å². The number of halogens is 1. The summed E-state index contributed by atoms with van der Waals surface area (Å²) in [7, 11) is 1.61. The molecule has 30 heavy (non-hydrogen) atoms. The summed E-state index contributed by atoms with van der Waals surface area (Å²) in [5, 5.41) is 0.591. The van der Waals surface area contributed by atoms with E-state index < -0.39 is 0 Å². The number of hydrogen-bond donors (Lipinski definition) is 0. The lowest BCUT2D eigenvalue weighted by Crippen LogP contribution is -2.40. The maximum atomic E-state index is 13.1. The molecule has 1 amide bonds. The molecule has 8 heteroatoms. The lowest BCUT2D eigenvalue weighted by molar-refractivity contribution is 0.0300. The molecule has 0 spiro atoms. The van der Waals surface area contributed by atoms with E-state index in [2.05, 4.69) is 9.97 Å². The van der Waals surface area contributed by atoms with Gasteiger partial charge in [-0.2, -0.15) is 4.98 Å². The zero-order chi connectivity index (χ0) is 20.9. The van der Waals surface area contributed by atoms with Gasteiger partial charge >= 0.3 is 0 Å². The van der Waals surface area contributed by atoms with Gasteiger partial charge < -0.3 is 19.1 Å². The van der Waals surface area contributed by atoms with Crippen molar-refractivity contribution in [2.75, 3.05) is 33.4 Å². The molecule has 1 saturated heterocycles. The average molecular weight is 426 g/mol. The van der Waals surface area contributed by atoms with Crippen LogP contribution in [0.3, 0.4) is 0 Å². The van der Waals surface area contributed by atoms with E-state index in [0.717, 1.165) is 11.3 Å². The van der Waals surface area contributed by atoms with Crippen molar-refractivity contribution in [1.29, 1.82) is 0 Å². The van der Waals surface area contributed by atoms with Crippen LogP contribution in [0.25, 0.3) is 11.4 Å². The number of carbonyl (C=O) groups is 1. The molecule has 1 aliphatic heterocycles. The molecule has 0 aliphatic carbocycles. The molecule has 0 atom stereocenters. The van der Waals surface area contributed by atoms with Gasteiger partial charge in [-0.3, -0.25) is 4.79 Å². The van der Waals surface area contributed by atoms with Crippen molar-refractivity contribution in [3.8, 4) is 28.8 Å². The number of methoxy groups -OCH3 is 1. The summed E-state index contributed by atoms with van der Waals surface area (Å²) < 4.78 is 16.5. The third kappa shape index (κ3) is 4.53. The highest BCUT2D eigenvalue weighted by Crippen LogP contribution is 2.28. The molecule has 1 aromatic heterocycles. The van der Waals surface area contributed by atoms with Crippen LogP contribution in [0.2, 0.25) is 5.02 Å². The molecule has 4 rings (SSSR count). The summed E-state index contributed by atoms with van der Waals surface area (Å²) >= 11 is 5.96. The number of hydrogen-bond acceptors (Lipinski definition) is 6. The van der Waals surface area contributed by atoms with Gasteiger partial charge in [-0.25, -0.2) is 4.98 Å². The maximum absolute atomic E-state index is 13.1. The van der Waals surface area contributed by atoms with Crippen LogP contribution in [-0.2, 0) is 4.74 Å². The first-order chi connectivity index (χ1) is 14.6. The molecule has 7 nitrogen and oxygen atoms in total. The average Bonchev–Trinajstić information content (AvgIpc) is 2.81. The highest BCUT2D eigenvalue weighted by atomic mass is 35.5. The molecular weight excluding hydrogens is 406 g/mol. The van der Waals surface area contributed by atoms with Crippen LogP contribution in [-0.4, -0.2) is 54.2 Å². The second kappa shape index (κ2) is 9.11. The van der Waals surface area contributed by atoms with Gasteiger partial charge in [0.1, 0.15) is 17.1 Å². The van der Waals surface area contributed by atoms with E-state index in [4.69, 9.17) is 25.8 Å². The predicted molar refractivity (Wildman–Crippen MR) is 112 cm³/mol. The SMILES string of the molecule is COc1ccc(-c2ncc(C(=O)N3CCOCC3)c(Oc3ccc(Cl)cc3)n2)cc1. The van der Waals surface area contributed by atoms with Crippen LogP contribution >= 0.6 is 11.6 Å². The number of amides is 1. The lowest BCUT2D eigenvalue weighted by atomic mass is 10.2. The molecule has 1 aliphatic rings. The molecular formula is C22H20ClN3O4. The van der Waals surface area contributed by atoms with E-state index in [1.54, 1.807) is 36.3 Å². The zero-order valence-corrected chi connectivity index (χ0v) is 17.1. The van der Waals surface area contributed by atoms with E-state index in [9.17, 15) is 4.79 Å². The Kier molecular flexibility index (Phi) is 6.11. The molecule has 2 aromatic carbocycles. The first-order valence-corrected chi connectivity index (χ1v) is 9.84. The summed E-state index contributed by atoms with van der Waals surface area (Å²) in [5.41, 5.74) is 1.08. The Bertz CT molecular complexity index is 1020. The third-order valence-electron chi connectivity index (χ3n) is 4.66. The number of rotatable bonds is 5. The fraction of sp³-hybridized carbons (Fsp3) is 0.227. The standard InChI is InChI=1S/C22H20ClN3O4/c1-28-17-6-2-15(3-7-17)20-24-14-19(22(27)26-10-12-29-13-11-26)21(25-20)30-18-8-4-16(23)5-9-18/h2-9,14H,10-13H2,1H3. The van der Waals surface area contributed by atoms with E-state index in [1.165, 1.54) is 6.20 Å². The Morgan fingerprint density at radius 2 is 1.70 bits per heavy atom. The highest BCUT2D eigenvalue weighted by molar-refractivity contribution is 6.30. The van der Waals surface area contributed by atoms with Crippen LogP contribution in [0.1, 0.15) is 10.4 Å². The predicted octanol–water partition coefficient (Wildman–Crippen LogP) is 4.07. The first kappa shape index (κ1) is 20.1. The molecule has 0 bridgehead atoms. The Morgan fingerprint density at radius 3 is 2.37 bits per heavy atom. The molecule has 0 unspecified atom stereocenters. The van der Waals surface area contributed by atoms with Crippen molar-refractivity contribution < 1.29 is 19.0 Å². The Morgan fingerprint density at radius 1 is 1.03 bits per heavy atom. The van der Waals surface area contributed by atoms with Gasteiger partial charge in [0.25, 0.3) is 5.91 Å². The molecule has 0 saturated carbocycles. The summed E-state index contributed by atoms with van der Waals surface area (Å²) in [6.45, 7) is 2.03. The van der Waals surface area contributed by atoms with E-state index in [0.29, 0.717) is 48.5 Å². The molecule has 3 aromatic rings. The van der Waals surface area contributed by atoms with Crippen molar-refractivity contribution in [1.82, 2.24) is 14.9 Å². The van der Waals surface area contributed by atoms with Gasteiger partial charge in [-0.15, -0.1) is 0 Å². The van der Waals surface area contributed by atoms with Crippen molar-refractivity contribution in [2.24, 2.45) is 0 Å². The molecule has 154 valence electrons. The fourth-order valence-electron chi connectivity index (χ4n) is 3.02. The van der Waals surface area contributed by atoms with Gasteiger partial charge in [-0.05, 0) is 48.5 Å². The van der Waals surface area contributed by atoms with E-state index in [1.807, 2.05) is 24.3 Å². The number of aromatic nitrogens is 2. The van der Waals surface area contributed by atoms with Crippen molar-refractivity contribution in [3.05, 3.63) is 65.3 Å². The maximum Gasteiger partial charge on any atom is 0.261 e. The van der Waals surface area contributed by atoms with Gasteiger partial charge in [0.05, 0.1) is 20.3 Å². The van der Waals surface area contributed by atoms with Crippen molar-refractivity contribution in [3.63, 3.8) is 0 Å². The summed E-state index contributed by atoms with van der Waals surface area (Å²) in [4.78, 5) is 23.7. The smallest absolute Gasteiger partial charge is 0.261 e. The fourth-order valence-corrected chi connectivity index (χ4v) is 3.15. The van der Waals surface area contributed by atoms with E-state index in [-0.39, 0.29) is 11.8 Å². The number of carbonyl (C=O) groups excluding carboxylic acids is 1. The Balaban J connectivity index is 1.70. The number of ether oxygens (including phenoxy) is 3. The number of nitrogens with zero attached hydrogens (tertiary/aromatic N) is 3. The molecule has 0 N–H and O–H groups in total. The Hall–Kier alpha value is -3.16. The second-order valence-electron chi connectivity index (χ2n) is 6.60. The first-order valence-electron chi connectivity index (χ1n) is 9.46. The molecule has 0 radical (unpaired) electrons. The summed E-state index contributed by atoms with van der Waals surface area (Å²) in [5.74, 6) is 1.70. The van der Waals surface area contributed by atoms with Crippen LogP contribution < -0.4 is 9.47 Å². The highest BCUT2D eigenvalue weighted by Gasteiger charge is 2.24. The van der Waals surface area contributed by atoms with Crippen LogP contribution in [0.15, 0.2) is 54.7 Å². The molecule has 1 fully saturated rings. The van der Waals surface area contributed by atoms with Crippen LogP contribution in [0.4, 0.5) is 0 Å². The monoisotopic (exact) mass is 425 g/mol. The largest absolute Gasteiger partial charge is 0.497 e. The van der Waals surface area contributed by atoms with Gasteiger partial charge in [-0.1, -0.05) is 11.6 Å². The normalized spacial score (nSPS) is 13.7. The van der Waals surface area contributed by atoms with Gasteiger partial charge in [0.2, 0.25) is 5.88 Å². The third-order valence-corrected chi connectivity index (χ3v) is 4.91. The zero-order valence-electron chi connectivity index (χ0n) is 16.4. The summed E-state index contributed by atoms with van der Waals surface area (Å²) in [6.07, 6.45) is 1.51. The van der Waals surface area contributed by atoms with Gasteiger partial charge in [0.15, 0.2) is 5.82 Å². The van der Waals surface area contributed by atoms with E-state index >= 15 is 0 Å². The number of benzene rings is 2. The number of morpholine rings is 1. The second-order valence-corrected chi connectivity index (χ2v) is 7.04. The minimum absolute atomic E-state index is 0.189. The van der Waals surface area contributed by atoms with Crippen LogP contribution in [0, 0.1) is 0 Å². The lowest BCUT2D eigenvalue weighted by Gasteiger charge is -2.27. The van der Waals surface area contributed by atoms with Gasteiger partial charge in [0, 0.05) is 29.9 Å². The Labute approximate surface area is 179 Å². The molecule has 2 heterocycles. The summed E-state index contributed by atoms with van der Waals surface area (Å²) in [6, 6.07) is 14.2. The topological polar surface area (TPSA) is 73.8 Å². The minimum Gasteiger partial charge on any atom is -0.497 e.